The van der Waals surface area contributed by atoms with E-state index in [0.29, 0.717) is 17.0 Å². The Hall–Kier alpha value is -3.28. The van der Waals surface area contributed by atoms with Gasteiger partial charge in [-0.05, 0) is 49.1 Å². The molecule has 2 heterocycles. The average molecular weight is 359 g/mol. The molecular weight excluding hydrogens is 342 g/mol. The van der Waals surface area contributed by atoms with Gasteiger partial charge in [-0.25, -0.2) is 4.99 Å². The highest BCUT2D eigenvalue weighted by Crippen LogP contribution is 2.39. The van der Waals surface area contributed by atoms with Crippen LogP contribution in [0.5, 0.6) is 0 Å². The number of nitrogens with zero attached hydrogens (tertiary/aromatic N) is 2. The minimum Gasteiger partial charge on any atom is -0.356 e. The van der Waals surface area contributed by atoms with Crippen molar-refractivity contribution in [2.75, 3.05) is 0 Å². The first-order valence-corrected chi connectivity index (χ1v) is 9.07. The molecule has 6 nitrogen and oxygen atoms in total. The summed E-state index contributed by atoms with van der Waals surface area (Å²) in [5.41, 5.74) is 4.72. The molecule has 1 unspecified atom stereocenters. The summed E-state index contributed by atoms with van der Waals surface area (Å²) in [5.74, 6) is -0.208. The molecule has 1 N–H and O–H groups in total. The number of aliphatic imine (C=N–C) groups is 1. The molecule has 6 heteroatoms. The maximum Gasteiger partial charge on any atom is 0.252 e. The monoisotopic (exact) mass is 359 g/mol. The summed E-state index contributed by atoms with van der Waals surface area (Å²) in [7, 11) is 0. The number of para-hydroxylation sites is 1. The number of nitrogens with one attached hydrogen (secondary N) is 1. The van der Waals surface area contributed by atoms with Crippen LogP contribution in [-0.2, 0) is 16.0 Å². The number of hydrogen-bond donors (Lipinski definition) is 1. The van der Waals surface area contributed by atoms with E-state index in [4.69, 9.17) is 4.52 Å². The van der Waals surface area contributed by atoms with E-state index in [0.717, 1.165) is 35.9 Å². The van der Waals surface area contributed by atoms with Gasteiger partial charge < -0.3 is 9.84 Å². The van der Waals surface area contributed by atoms with E-state index in [2.05, 4.69) is 15.5 Å². The lowest BCUT2D eigenvalue weighted by Crippen LogP contribution is -2.35. The highest BCUT2D eigenvalue weighted by Gasteiger charge is 2.34. The predicted molar refractivity (Wildman–Crippen MR) is 99.9 cm³/mol. The quantitative estimate of drug-likeness (QED) is 0.893. The van der Waals surface area contributed by atoms with Gasteiger partial charge in [0, 0.05) is 22.6 Å². The summed E-state index contributed by atoms with van der Waals surface area (Å²) in [5, 5.41) is 7.76. The molecule has 1 aliphatic heterocycles. The Bertz CT molecular complexity index is 1100. The zero-order valence-corrected chi connectivity index (χ0v) is 14.6. The zero-order valence-electron chi connectivity index (χ0n) is 14.6. The third kappa shape index (κ3) is 2.73. The molecule has 2 aliphatic carbocycles. The van der Waals surface area contributed by atoms with Gasteiger partial charge in [-0.2, -0.15) is 0 Å². The molecule has 0 saturated heterocycles. The lowest BCUT2D eigenvalue weighted by Gasteiger charge is -2.28. The topological polar surface area (TPSA) is 84.6 Å². The number of carbonyl (C=O) groups excluding carboxylic acids is 2. The van der Waals surface area contributed by atoms with Crippen molar-refractivity contribution < 1.29 is 14.1 Å². The van der Waals surface area contributed by atoms with Crippen LogP contribution in [0.15, 0.2) is 68.9 Å². The standard InChI is InChI=1S/C21H17N3O3/c25-20(11-18-16-4-1-2-7-19(16)27-24-18)22-12-8-9-14-13-5-3-6-15(13)21(26)23-17(14)10-12/h1-2,4,7-10,14H,3,5-6,11H2,(H,23,26). The predicted octanol–water partition coefficient (Wildman–Crippen LogP) is 3.02. The highest BCUT2D eigenvalue weighted by atomic mass is 16.5. The molecule has 0 spiro atoms. The van der Waals surface area contributed by atoms with Gasteiger partial charge in [-0.3, -0.25) is 9.59 Å². The molecule has 3 aliphatic rings. The first kappa shape index (κ1) is 15.9. The van der Waals surface area contributed by atoms with Gasteiger partial charge in [0.25, 0.3) is 11.8 Å². The van der Waals surface area contributed by atoms with Crippen molar-refractivity contribution in [3.8, 4) is 0 Å². The van der Waals surface area contributed by atoms with Gasteiger partial charge in [-0.15, -0.1) is 0 Å². The Morgan fingerprint density at radius 1 is 1.30 bits per heavy atom. The molecule has 0 bridgehead atoms. The van der Waals surface area contributed by atoms with E-state index >= 15 is 0 Å². The Balaban J connectivity index is 1.38. The highest BCUT2D eigenvalue weighted by molar-refractivity contribution is 6.12. The second kappa shape index (κ2) is 6.16. The van der Waals surface area contributed by atoms with E-state index in [1.165, 1.54) is 5.57 Å². The summed E-state index contributed by atoms with van der Waals surface area (Å²) in [6.07, 6.45) is 8.58. The van der Waals surface area contributed by atoms with Gasteiger partial charge >= 0.3 is 0 Å². The van der Waals surface area contributed by atoms with Gasteiger partial charge in [0.1, 0.15) is 5.69 Å². The molecule has 0 saturated carbocycles. The van der Waals surface area contributed by atoms with E-state index in [-0.39, 0.29) is 24.2 Å². The molecule has 0 radical (unpaired) electrons. The number of allylic oxidation sites excluding steroid dienone is 3. The van der Waals surface area contributed by atoms with Crippen LogP contribution < -0.4 is 5.32 Å². The van der Waals surface area contributed by atoms with Crippen molar-refractivity contribution in [1.29, 1.82) is 0 Å². The number of amides is 2. The molecule has 5 rings (SSSR count). The maximum atomic E-state index is 12.4. The van der Waals surface area contributed by atoms with Crippen LogP contribution in [0.1, 0.15) is 25.0 Å². The van der Waals surface area contributed by atoms with Crippen LogP contribution in [0.3, 0.4) is 0 Å². The Morgan fingerprint density at radius 2 is 2.19 bits per heavy atom. The number of benzene rings is 1. The molecule has 2 amide bonds. The zero-order chi connectivity index (χ0) is 18.4. The van der Waals surface area contributed by atoms with Gasteiger partial charge in [0.05, 0.1) is 12.1 Å². The van der Waals surface area contributed by atoms with Crippen LogP contribution >= 0.6 is 0 Å². The van der Waals surface area contributed by atoms with Crippen molar-refractivity contribution >= 4 is 28.5 Å². The van der Waals surface area contributed by atoms with Crippen LogP contribution in [-0.4, -0.2) is 22.7 Å². The minimum absolute atomic E-state index is 0.0138. The summed E-state index contributed by atoms with van der Waals surface area (Å²) >= 11 is 0. The number of hydrogen-bond acceptors (Lipinski definition) is 4. The van der Waals surface area contributed by atoms with Gasteiger partial charge in [-0.1, -0.05) is 23.4 Å². The lowest BCUT2D eigenvalue weighted by atomic mass is 9.85. The smallest absolute Gasteiger partial charge is 0.252 e. The molecule has 1 aromatic heterocycles. The summed E-state index contributed by atoms with van der Waals surface area (Å²) < 4.78 is 5.23. The average Bonchev–Trinajstić information content (AvgIpc) is 3.30. The normalized spacial score (nSPS) is 22.7. The van der Waals surface area contributed by atoms with Gasteiger partial charge in [0.2, 0.25) is 0 Å². The van der Waals surface area contributed by atoms with E-state index < -0.39 is 0 Å². The molecule has 27 heavy (non-hydrogen) atoms. The number of carbonyl (C=O) groups is 2. The summed E-state index contributed by atoms with van der Waals surface area (Å²) in [4.78, 5) is 28.8. The minimum atomic E-state index is -0.299. The largest absolute Gasteiger partial charge is 0.356 e. The third-order valence-corrected chi connectivity index (χ3v) is 5.29. The SMILES string of the molecule is O=C(Cc1noc2ccccc12)N=C1C=CC2C(=C1)NC(=O)C1=C2CCC1. The number of aromatic nitrogens is 1. The Labute approximate surface area is 155 Å². The molecular formula is C21H17N3O3. The number of fused-ring (bicyclic) bond motifs is 3. The first-order chi connectivity index (χ1) is 13.2. The summed E-state index contributed by atoms with van der Waals surface area (Å²) in [6, 6.07) is 7.43. The van der Waals surface area contributed by atoms with Crippen LogP contribution in [0.25, 0.3) is 11.0 Å². The molecule has 2 aromatic rings. The maximum absolute atomic E-state index is 12.4. The third-order valence-electron chi connectivity index (χ3n) is 5.29. The second-order valence-electron chi connectivity index (χ2n) is 6.98. The van der Waals surface area contributed by atoms with Crippen LogP contribution in [0.4, 0.5) is 0 Å². The Morgan fingerprint density at radius 3 is 3.11 bits per heavy atom. The molecule has 1 aromatic carbocycles. The lowest BCUT2D eigenvalue weighted by molar-refractivity contribution is -0.118. The molecule has 0 fully saturated rings. The first-order valence-electron chi connectivity index (χ1n) is 9.07. The van der Waals surface area contributed by atoms with Crippen LogP contribution in [0, 0.1) is 5.92 Å². The van der Waals surface area contributed by atoms with Crippen molar-refractivity contribution in [1.82, 2.24) is 10.5 Å². The number of rotatable bonds is 2. The fourth-order valence-electron chi connectivity index (χ4n) is 4.05. The Kier molecular flexibility index (Phi) is 3.63. The van der Waals surface area contributed by atoms with E-state index in [9.17, 15) is 9.59 Å². The van der Waals surface area contributed by atoms with Crippen LogP contribution in [0.2, 0.25) is 0 Å². The van der Waals surface area contributed by atoms with Gasteiger partial charge in [0.15, 0.2) is 5.58 Å². The van der Waals surface area contributed by atoms with E-state index in [1.807, 2.05) is 36.4 Å². The van der Waals surface area contributed by atoms with E-state index in [1.54, 1.807) is 6.08 Å². The van der Waals surface area contributed by atoms with Crippen molar-refractivity contribution in [2.24, 2.45) is 10.9 Å². The fraction of sp³-hybridized carbons (Fsp3) is 0.238. The molecule has 1 atom stereocenters. The van der Waals surface area contributed by atoms with Crippen molar-refractivity contribution in [2.45, 2.75) is 25.7 Å². The summed E-state index contributed by atoms with van der Waals surface area (Å²) in [6.45, 7) is 0. The van der Waals surface area contributed by atoms with Crippen molar-refractivity contribution in [3.05, 3.63) is 65.0 Å². The second-order valence-corrected chi connectivity index (χ2v) is 6.98. The fourth-order valence-corrected chi connectivity index (χ4v) is 4.05. The van der Waals surface area contributed by atoms with Crippen molar-refractivity contribution in [3.63, 3.8) is 0 Å². The molecule has 134 valence electrons.